The lowest BCUT2D eigenvalue weighted by atomic mass is 10.1. The molecule has 6 heteroatoms. The normalized spacial score (nSPS) is 10.7. The van der Waals surface area contributed by atoms with Crippen molar-refractivity contribution in [3.8, 4) is 22.5 Å². The second-order valence-electron chi connectivity index (χ2n) is 5.02. The van der Waals surface area contributed by atoms with Gasteiger partial charge in [-0.05, 0) is 46.3 Å². The third-order valence-corrected chi connectivity index (χ3v) is 4.00. The molecule has 2 heterocycles. The summed E-state index contributed by atoms with van der Waals surface area (Å²) in [6, 6.07) is 13.8. The van der Waals surface area contributed by atoms with Crippen molar-refractivity contribution in [3.05, 3.63) is 53.3 Å². The van der Waals surface area contributed by atoms with Gasteiger partial charge in [0.2, 0.25) is 0 Å². The number of nitrogens with one attached hydrogen (secondary N) is 1. The highest BCUT2D eigenvalue weighted by Gasteiger charge is 2.12. The first-order valence-electron chi connectivity index (χ1n) is 7.25. The number of nitrogens with zero attached hydrogens (tertiary/aromatic N) is 3. The molecule has 0 aliphatic rings. The van der Waals surface area contributed by atoms with Crippen LogP contribution in [0.3, 0.4) is 0 Å². The van der Waals surface area contributed by atoms with E-state index in [4.69, 9.17) is 0 Å². The van der Waals surface area contributed by atoms with Gasteiger partial charge in [0.25, 0.3) is 0 Å². The van der Waals surface area contributed by atoms with Crippen LogP contribution in [0.4, 0.5) is 10.1 Å². The Hall–Kier alpha value is -2.21. The lowest BCUT2D eigenvalue weighted by Crippen LogP contribution is -2.04. The van der Waals surface area contributed by atoms with Gasteiger partial charge in [0.15, 0.2) is 0 Å². The summed E-state index contributed by atoms with van der Waals surface area (Å²) in [5.41, 5.74) is 4.68. The summed E-state index contributed by atoms with van der Waals surface area (Å²) in [5, 5.41) is 7.64. The number of hydrogen-bond acceptors (Lipinski definition) is 3. The fourth-order valence-electron chi connectivity index (χ4n) is 2.41. The predicted octanol–water partition coefficient (Wildman–Crippen LogP) is 4.39. The Bertz CT molecular complexity index is 799. The van der Waals surface area contributed by atoms with E-state index in [0.717, 1.165) is 32.8 Å². The summed E-state index contributed by atoms with van der Waals surface area (Å²) in [6.45, 7) is -0.233. The van der Waals surface area contributed by atoms with Crippen LogP contribution in [-0.2, 0) is 6.54 Å². The molecule has 3 rings (SSSR count). The molecular weight excluding hydrogens is 358 g/mol. The van der Waals surface area contributed by atoms with Gasteiger partial charge in [-0.25, -0.2) is 9.37 Å². The van der Waals surface area contributed by atoms with Crippen molar-refractivity contribution in [1.29, 1.82) is 0 Å². The largest absolute Gasteiger partial charge is 0.388 e. The van der Waals surface area contributed by atoms with Crippen LogP contribution < -0.4 is 5.32 Å². The van der Waals surface area contributed by atoms with Crippen LogP contribution in [0.2, 0.25) is 0 Å². The number of rotatable bonds is 5. The summed E-state index contributed by atoms with van der Waals surface area (Å²) in [4.78, 5) is 4.13. The zero-order valence-electron chi connectivity index (χ0n) is 12.6. The van der Waals surface area contributed by atoms with Gasteiger partial charge in [-0.3, -0.25) is 4.68 Å². The average molecular weight is 374 g/mol. The van der Waals surface area contributed by atoms with Gasteiger partial charge in [0.05, 0.1) is 17.9 Å². The highest BCUT2D eigenvalue weighted by molar-refractivity contribution is 9.10. The van der Waals surface area contributed by atoms with Gasteiger partial charge in [-0.2, -0.15) is 5.10 Å². The monoisotopic (exact) mass is 373 g/mol. The number of halogens is 2. The van der Waals surface area contributed by atoms with E-state index < -0.39 is 6.67 Å². The molecule has 0 unspecified atom stereocenters. The minimum Gasteiger partial charge on any atom is -0.388 e. The van der Waals surface area contributed by atoms with Gasteiger partial charge in [0.1, 0.15) is 11.3 Å². The van der Waals surface area contributed by atoms with Crippen LogP contribution in [0.15, 0.2) is 53.3 Å². The molecule has 1 N–H and O–H groups in total. The molecule has 0 fully saturated rings. The van der Waals surface area contributed by atoms with E-state index in [1.54, 1.807) is 10.9 Å². The van der Waals surface area contributed by atoms with Crippen molar-refractivity contribution in [2.45, 2.75) is 6.54 Å². The van der Waals surface area contributed by atoms with Gasteiger partial charge in [-0.1, -0.05) is 12.1 Å². The van der Waals surface area contributed by atoms with Crippen molar-refractivity contribution in [2.24, 2.45) is 0 Å². The SMILES string of the molecule is CNc1ccc(-c2cc(-c3ccnc(Br)c3)n(CC[18F])n2)cc1. The standard InChI is InChI=1S/C17H16BrFN4/c1-20-14-4-2-12(3-5-14)15-11-16(23(22-15)9-7-19)13-6-8-21-17(18)10-13/h2-6,8,10-11,20H,7,9H2,1H3/i19-1. The first-order valence-corrected chi connectivity index (χ1v) is 8.04. The minimum atomic E-state index is -0.459. The van der Waals surface area contributed by atoms with E-state index >= 15 is 0 Å². The quantitative estimate of drug-likeness (QED) is 0.674. The van der Waals surface area contributed by atoms with Crippen LogP contribution >= 0.6 is 15.9 Å². The number of hydrogen-bond donors (Lipinski definition) is 1. The second-order valence-corrected chi connectivity index (χ2v) is 5.83. The number of aryl methyl sites for hydroxylation is 1. The van der Waals surface area contributed by atoms with E-state index in [1.807, 2.05) is 49.5 Å². The van der Waals surface area contributed by atoms with Crippen molar-refractivity contribution in [2.75, 3.05) is 19.0 Å². The molecule has 118 valence electrons. The highest BCUT2D eigenvalue weighted by atomic mass is 79.9. The second kappa shape index (κ2) is 6.91. The van der Waals surface area contributed by atoms with Crippen LogP contribution in [0.1, 0.15) is 0 Å². The van der Waals surface area contributed by atoms with E-state index in [0.29, 0.717) is 0 Å². The zero-order valence-corrected chi connectivity index (χ0v) is 14.2. The van der Waals surface area contributed by atoms with E-state index in [9.17, 15) is 4.39 Å². The van der Waals surface area contributed by atoms with Crippen molar-refractivity contribution in [3.63, 3.8) is 0 Å². The maximum Gasteiger partial charge on any atom is 0.109 e. The Kier molecular flexibility index (Phi) is 4.71. The molecule has 0 amide bonds. The van der Waals surface area contributed by atoms with Crippen LogP contribution in [-0.4, -0.2) is 28.5 Å². The lowest BCUT2D eigenvalue weighted by Gasteiger charge is -2.05. The molecule has 0 saturated heterocycles. The number of anilines is 1. The topological polar surface area (TPSA) is 42.7 Å². The van der Waals surface area contributed by atoms with Crippen LogP contribution in [0.25, 0.3) is 22.5 Å². The molecule has 23 heavy (non-hydrogen) atoms. The molecule has 0 aliphatic carbocycles. The van der Waals surface area contributed by atoms with Crippen molar-refractivity contribution in [1.82, 2.24) is 14.8 Å². The lowest BCUT2D eigenvalue weighted by molar-refractivity contribution is 0.429. The Morgan fingerprint density at radius 2 is 1.91 bits per heavy atom. The third-order valence-electron chi connectivity index (χ3n) is 3.57. The van der Waals surface area contributed by atoms with Gasteiger partial charge in [-0.15, -0.1) is 0 Å². The summed E-state index contributed by atoms with van der Waals surface area (Å²) in [7, 11) is 1.88. The average Bonchev–Trinajstić information content (AvgIpc) is 2.99. The fourth-order valence-corrected chi connectivity index (χ4v) is 2.78. The molecule has 4 nitrogen and oxygen atoms in total. The Morgan fingerprint density at radius 3 is 2.57 bits per heavy atom. The molecule has 1 aromatic carbocycles. The third kappa shape index (κ3) is 3.42. The maximum atomic E-state index is 12.9. The van der Waals surface area contributed by atoms with Crippen LogP contribution in [0.5, 0.6) is 0 Å². The van der Waals surface area contributed by atoms with E-state index in [1.165, 1.54) is 0 Å². The van der Waals surface area contributed by atoms with E-state index in [2.05, 4.69) is 31.3 Å². The molecule has 0 spiro atoms. The number of benzene rings is 1. The van der Waals surface area contributed by atoms with Crippen molar-refractivity contribution >= 4 is 21.6 Å². The Balaban J connectivity index is 2.04. The minimum absolute atomic E-state index is 0.226. The summed E-state index contributed by atoms with van der Waals surface area (Å²) >= 11 is 3.37. The fraction of sp³-hybridized carbons (Fsp3) is 0.176. The van der Waals surface area contributed by atoms with Crippen molar-refractivity contribution < 1.29 is 4.39 Å². The van der Waals surface area contributed by atoms with Gasteiger partial charge in [0, 0.05) is 30.1 Å². The van der Waals surface area contributed by atoms with Crippen LogP contribution in [0, 0.1) is 0 Å². The van der Waals surface area contributed by atoms with E-state index in [-0.39, 0.29) is 6.54 Å². The number of alkyl halides is 1. The molecule has 0 saturated carbocycles. The maximum absolute atomic E-state index is 12.9. The molecule has 2 aromatic heterocycles. The Labute approximate surface area is 142 Å². The molecule has 0 atom stereocenters. The van der Waals surface area contributed by atoms with Gasteiger partial charge >= 0.3 is 0 Å². The molecule has 3 aromatic rings. The first kappa shape index (κ1) is 15.7. The molecule has 0 aliphatic heterocycles. The zero-order chi connectivity index (χ0) is 16.2. The molecule has 0 bridgehead atoms. The number of pyridine rings is 1. The molecule has 0 radical (unpaired) electrons. The van der Waals surface area contributed by atoms with Gasteiger partial charge < -0.3 is 5.32 Å². The molecular formula is C17H16BrFN4. The number of aromatic nitrogens is 3. The summed E-state index contributed by atoms with van der Waals surface area (Å²) in [6.07, 6.45) is 1.72. The smallest absolute Gasteiger partial charge is 0.109 e. The summed E-state index contributed by atoms with van der Waals surface area (Å²) in [5.74, 6) is 0. The first-order chi connectivity index (χ1) is 11.2. The summed E-state index contributed by atoms with van der Waals surface area (Å²) < 4.78 is 15.3. The predicted molar refractivity (Wildman–Crippen MR) is 94.1 cm³/mol. The highest BCUT2D eigenvalue weighted by Crippen LogP contribution is 2.28. The Morgan fingerprint density at radius 1 is 1.13 bits per heavy atom.